The van der Waals surface area contributed by atoms with Crippen LogP contribution in [-0.4, -0.2) is 64.4 Å². The predicted molar refractivity (Wildman–Crippen MR) is 147 cm³/mol. The molecule has 36 heavy (non-hydrogen) atoms. The Hall–Kier alpha value is -2.87. The molecule has 1 aliphatic carbocycles. The van der Waals surface area contributed by atoms with Crippen molar-refractivity contribution < 1.29 is 0 Å². The topological polar surface area (TPSA) is 73.3 Å². The van der Waals surface area contributed by atoms with Crippen LogP contribution >= 0.6 is 0 Å². The molecule has 5 rings (SSSR count). The summed E-state index contributed by atoms with van der Waals surface area (Å²) in [6, 6.07) is 8.92. The Morgan fingerprint density at radius 2 is 1.86 bits per heavy atom. The number of H-pyrrole nitrogens is 1. The summed E-state index contributed by atoms with van der Waals surface area (Å²) in [5, 5.41) is 4.62. The number of benzene rings is 1. The average molecular weight is 492 g/mol. The van der Waals surface area contributed by atoms with E-state index in [1.165, 1.54) is 43.4 Å². The number of aromatic nitrogens is 4. The number of aryl methyl sites for hydroxylation is 2. The van der Waals surface area contributed by atoms with Gasteiger partial charge in [0.2, 0.25) is 5.95 Å². The van der Waals surface area contributed by atoms with Crippen molar-refractivity contribution in [3.63, 3.8) is 0 Å². The van der Waals surface area contributed by atoms with E-state index in [1.54, 1.807) is 4.68 Å². The number of hydrogen-bond donors (Lipinski definition) is 1. The molecule has 3 aromatic rings. The van der Waals surface area contributed by atoms with Gasteiger partial charge >= 0.3 is 0 Å². The van der Waals surface area contributed by atoms with Crippen LogP contribution in [0.4, 0.5) is 11.6 Å². The molecule has 0 unspecified atom stereocenters. The Bertz CT molecular complexity index is 1220. The molecule has 0 amide bonds. The SMILES string of the molecule is CCCc1nn(C)c2c(=O)[nH]c(N(Cc3cccc(N4CCN(C)CC4)c3)CC3CCCCC3)nc12. The first kappa shape index (κ1) is 24.8. The zero-order valence-electron chi connectivity index (χ0n) is 22.2. The van der Waals surface area contributed by atoms with Gasteiger partial charge in [0.05, 0.1) is 5.69 Å². The number of hydrogen-bond acceptors (Lipinski definition) is 6. The van der Waals surface area contributed by atoms with Crippen LogP contribution in [0.2, 0.25) is 0 Å². The quantitative estimate of drug-likeness (QED) is 0.514. The molecule has 2 aliphatic rings. The fraction of sp³-hybridized carbons (Fsp3) is 0.607. The summed E-state index contributed by atoms with van der Waals surface area (Å²) in [4.78, 5) is 28.5. The maximum absolute atomic E-state index is 13.2. The van der Waals surface area contributed by atoms with Crippen molar-refractivity contribution in [1.29, 1.82) is 0 Å². The van der Waals surface area contributed by atoms with E-state index in [9.17, 15) is 4.79 Å². The van der Waals surface area contributed by atoms with Gasteiger partial charge in [0.15, 0.2) is 5.52 Å². The van der Waals surface area contributed by atoms with Gasteiger partial charge in [0.25, 0.3) is 5.56 Å². The van der Waals surface area contributed by atoms with Crippen LogP contribution in [0.5, 0.6) is 0 Å². The van der Waals surface area contributed by atoms with Crippen molar-refractivity contribution in [2.75, 3.05) is 49.6 Å². The summed E-state index contributed by atoms with van der Waals surface area (Å²) in [6.07, 6.45) is 8.22. The Labute approximate surface area is 214 Å². The minimum absolute atomic E-state index is 0.104. The highest BCUT2D eigenvalue weighted by Crippen LogP contribution is 2.28. The van der Waals surface area contributed by atoms with E-state index < -0.39 is 0 Å². The van der Waals surface area contributed by atoms with Crippen molar-refractivity contribution in [3.8, 4) is 0 Å². The summed E-state index contributed by atoms with van der Waals surface area (Å²) in [5.74, 6) is 1.30. The minimum Gasteiger partial charge on any atom is -0.369 e. The zero-order chi connectivity index (χ0) is 25.1. The first-order valence-corrected chi connectivity index (χ1v) is 13.7. The van der Waals surface area contributed by atoms with Crippen LogP contribution < -0.4 is 15.4 Å². The maximum Gasteiger partial charge on any atom is 0.278 e. The van der Waals surface area contributed by atoms with Crippen molar-refractivity contribution in [3.05, 3.63) is 45.9 Å². The van der Waals surface area contributed by atoms with E-state index in [0.717, 1.165) is 63.3 Å². The number of piperazine rings is 1. The van der Waals surface area contributed by atoms with Crippen LogP contribution in [0.15, 0.2) is 29.1 Å². The second-order valence-electron chi connectivity index (χ2n) is 10.8. The molecule has 2 fully saturated rings. The Morgan fingerprint density at radius 1 is 1.08 bits per heavy atom. The molecular weight excluding hydrogens is 450 g/mol. The van der Waals surface area contributed by atoms with Crippen molar-refractivity contribution in [1.82, 2.24) is 24.6 Å². The molecule has 8 nitrogen and oxygen atoms in total. The lowest BCUT2D eigenvalue weighted by Gasteiger charge is -2.34. The van der Waals surface area contributed by atoms with Crippen LogP contribution in [0, 0.1) is 5.92 Å². The molecule has 1 saturated heterocycles. The lowest BCUT2D eigenvalue weighted by Crippen LogP contribution is -2.44. The van der Waals surface area contributed by atoms with Gasteiger partial charge in [-0.25, -0.2) is 4.98 Å². The molecule has 3 heterocycles. The second-order valence-corrected chi connectivity index (χ2v) is 10.8. The van der Waals surface area contributed by atoms with Crippen molar-refractivity contribution in [2.24, 2.45) is 13.0 Å². The number of aromatic amines is 1. The van der Waals surface area contributed by atoms with Gasteiger partial charge < -0.3 is 14.7 Å². The Kier molecular flexibility index (Phi) is 7.60. The maximum atomic E-state index is 13.2. The lowest BCUT2D eigenvalue weighted by atomic mass is 9.89. The Balaban J connectivity index is 1.47. The molecular formula is C28H41N7O. The zero-order valence-corrected chi connectivity index (χ0v) is 22.2. The lowest BCUT2D eigenvalue weighted by molar-refractivity contribution is 0.313. The van der Waals surface area contributed by atoms with E-state index in [4.69, 9.17) is 4.98 Å². The highest BCUT2D eigenvalue weighted by atomic mass is 16.1. The molecule has 0 spiro atoms. The normalized spacial score (nSPS) is 17.7. The molecule has 0 atom stereocenters. The minimum atomic E-state index is -0.104. The number of fused-ring (bicyclic) bond motifs is 1. The molecule has 8 heteroatoms. The van der Waals surface area contributed by atoms with Crippen LogP contribution in [0.3, 0.4) is 0 Å². The molecule has 1 aliphatic heterocycles. The van der Waals surface area contributed by atoms with Gasteiger partial charge in [0, 0.05) is 52.0 Å². The van der Waals surface area contributed by atoms with E-state index in [-0.39, 0.29) is 5.56 Å². The smallest absolute Gasteiger partial charge is 0.278 e. The monoisotopic (exact) mass is 491 g/mol. The first-order valence-electron chi connectivity index (χ1n) is 13.7. The summed E-state index contributed by atoms with van der Waals surface area (Å²) in [5.41, 5.74) is 4.66. The fourth-order valence-electron chi connectivity index (χ4n) is 5.83. The van der Waals surface area contributed by atoms with Gasteiger partial charge in [-0.15, -0.1) is 0 Å². The van der Waals surface area contributed by atoms with Crippen molar-refractivity contribution in [2.45, 2.75) is 58.4 Å². The van der Waals surface area contributed by atoms with Gasteiger partial charge in [-0.2, -0.15) is 5.10 Å². The van der Waals surface area contributed by atoms with Gasteiger partial charge in [-0.1, -0.05) is 44.7 Å². The molecule has 1 saturated carbocycles. The van der Waals surface area contributed by atoms with E-state index >= 15 is 0 Å². The summed E-state index contributed by atoms with van der Waals surface area (Å²) in [6.45, 7) is 8.07. The molecule has 0 radical (unpaired) electrons. The van der Waals surface area contributed by atoms with Crippen LogP contribution in [-0.2, 0) is 20.0 Å². The number of likely N-dealkylation sites (N-methyl/N-ethyl adjacent to an activating group) is 1. The van der Waals surface area contributed by atoms with E-state index in [0.29, 0.717) is 17.4 Å². The molecule has 2 aromatic heterocycles. The van der Waals surface area contributed by atoms with E-state index in [1.807, 2.05) is 7.05 Å². The molecule has 194 valence electrons. The number of nitrogens with zero attached hydrogens (tertiary/aromatic N) is 6. The summed E-state index contributed by atoms with van der Waals surface area (Å²) < 4.78 is 1.68. The van der Waals surface area contributed by atoms with Gasteiger partial charge in [-0.3, -0.25) is 14.5 Å². The first-order chi connectivity index (χ1) is 17.5. The fourth-order valence-corrected chi connectivity index (χ4v) is 5.83. The molecule has 0 bridgehead atoms. The third-order valence-electron chi connectivity index (χ3n) is 7.89. The predicted octanol–water partition coefficient (Wildman–Crippen LogP) is 3.95. The number of anilines is 2. The molecule has 1 N–H and O–H groups in total. The summed E-state index contributed by atoms with van der Waals surface area (Å²) in [7, 11) is 4.03. The van der Waals surface area contributed by atoms with Gasteiger partial charge in [0.1, 0.15) is 5.52 Å². The van der Waals surface area contributed by atoms with Gasteiger partial charge in [-0.05, 0) is 49.9 Å². The highest BCUT2D eigenvalue weighted by molar-refractivity contribution is 5.77. The van der Waals surface area contributed by atoms with Crippen molar-refractivity contribution >= 4 is 22.7 Å². The van der Waals surface area contributed by atoms with Crippen LogP contribution in [0.25, 0.3) is 11.0 Å². The average Bonchev–Trinajstić information content (AvgIpc) is 3.20. The summed E-state index contributed by atoms with van der Waals surface area (Å²) >= 11 is 0. The largest absolute Gasteiger partial charge is 0.369 e. The molecule has 1 aromatic carbocycles. The van der Waals surface area contributed by atoms with Crippen LogP contribution in [0.1, 0.15) is 56.7 Å². The second kappa shape index (κ2) is 11.0. The van der Waals surface area contributed by atoms with E-state index in [2.05, 4.69) is 63.0 Å². The standard InChI is InChI=1S/C28H41N7O/c1-4-9-24-25-26(33(3)31-24)27(36)30-28(29-25)35(19-21-10-6-5-7-11-21)20-22-12-8-13-23(18-22)34-16-14-32(2)15-17-34/h8,12-13,18,21H,4-7,9-11,14-17,19-20H2,1-3H3,(H,29,30,36). The third kappa shape index (κ3) is 5.43. The third-order valence-corrected chi connectivity index (χ3v) is 7.89. The highest BCUT2D eigenvalue weighted by Gasteiger charge is 2.22. The number of rotatable bonds is 8. The Morgan fingerprint density at radius 3 is 2.61 bits per heavy atom. The number of nitrogens with one attached hydrogen (secondary N) is 1.